The third-order valence-corrected chi connectivity index (χ3v) is 4.15. The first-order chi connectivity index (χ1) is 8.09. The molecule has 2 N–H and O–H groups in total. The zero-order valence-corrected chi connectivity index (χ0v) is 10.9. The van der Waals surface area contributed by atoms with E-state index in [1.807, 2.05) is 4.90 Å². The fourth-order valence-corrected chi connectivity index (χ4v) is 2.94. The molecule has 2 fully saturated rings. The van der Waals surface area contributed by atoms with Gasteiger partial charge in [-0.05, 0) is 24.7 Å². The van der Waals surface area contributed by atoms with E-state index in [4.69, 9.17) is 10.5 Å². The molecule has 0 aromatic rings. The number of amides is 1. The van der Waals surface area contributed by atoms with E-state index < -0.39 is 0 Å². The lowest BCUT2D eigenvalue weighted by atomic mass is 9.92. The van der Waals surface area contributed by atoms with Crippen LogP contribution in [-0.4, -0.2) is 43.2 Å². The van der Waals surface area contributed by atoms with E-state index in [0.29, 0.717) is 17.7 Å². The molecule has 0 radical (unpaired) electrons. The monoisotopic (exact) mass is 240 g/mol. The third kappa shape index (κ3) is 2.80. The number of nitrogens with zero attached hydrogens (tertiary/aromatic N) is 1. The standard InChI is InChI=1S/C13H24N2O2/c1-9(2)11-7-15(8-12(11)14)13(16)10-3-5-17-6-4-10/h9-12H,3-8,14H2,1-2H3/t11-,12+/m1/s1. The van der Waals surface area contributed by atoms with Crippen molar-refractivity contribution in [2.45, 2.75) is 32.7 Å². The van der Waals surface area contributed by atoms with Gasteiger partial charge in [-0.2, -0.15) is 0 Å². The van der Waals surface area contributed by atoms with Crippen LogP contribution >= 0.6 is 0 Å². The average Bonchev–Trinajstić information content (AvgIpc) is 2.71. The number of hydrogen-bond acceptors (Lipinski definition) is 3. The fourth-order valence-electron chi connectivity index (χ4n) is 2.94. The van der Waals surface area contributed by atoms with E-state index in [1.54, 1.807) is 0 Å². The Bertz CT molecular complexity index is 275. The summed E-state index contributed by atoms with van der Waals surface area (Å²) in [5, 5.41) is 0. The van der Waals surface area contributed by atoms with Crippen LogP contribution in [0.5, 0.6) is 0 Å². The van der Waals surface area contributed by atoms with Crippen molar-refractivity contribution < 1.29 is 9.53 Å². The molecule has 4 nitrogen and oxygen atoms in total. The maximum atomic E-state index is 12.3. The van der Waals surface area contributed by atoms with Crippen LogP contribution < -0.4 is 5.73 Å². The first-order valence-electron chi connectivity index (χ1n) is 6.71. The van der Waals surface area contributed by atoms with Gasteiger partial charge in [0.25, 0.3) is 0 Å². The molecule has 2 saturated heterocycles. The molecule has 0 spiro atoms. The molecule has 1 amide bonds. The molecule has 0 unspecified atom stereocenters. The Morgan fingerprint density at radius 3 is 2.47 bits per heavy atom. The van der Waals surface area contributed by atoms with Gasteiger partial charge in [0.15, 0.2) is 0 Å². The number of hydrogen-bond donors (Lipinski definition) is 1. The van der Waals surface area contributed by atoms with Gasteiger partial charge in [0.05, 0.1) is 0 Å². The molecule has 0 bridgehead atoms. The van der Waals surface area contributed by atoms with E-state index >= 15 is 0 Å². The molecule has 0 aromatic carbocycles. The molecule has 2 atom stereocenters. The van der Waals surface area contributed by atoms with Gasteiger partial charge in [-0.1, -0.05) is 13.8 Å². The molecule has 2 aliphatic rings. The van der Waals surface area contributed by atoms with Crippen molar-refractivity contribution in [1.82, 2.24) is 4.90 Å². The van der Waals surface area contributed by atoms with Gasteiger partial charge in [-0.15, -0.1) is 0 Å². The van der Waals surface area contributed by atoms with Crippen LogP contribution in [0.1, 0.15) is 26.7 Å². The SMILES string of the molecule is CC(C)[C@H]1CN(C(=O)C2CCOCC2)C[C@@H]1N. The van der Waals surface area contributed by atoms with E-state index in [2.05, 4.69) is 13.8 Å². The predicted octanol–water partition coefficient (Wildman–Crippen LogP) is 0.855. The van der Waals surface area contributed by atoms with Gasteiger partial charge in [0, 0.05) is 38.3 Å². The second-order valence-electron chi connectivity index (χ2n) is 5.70. The number of carbonyl (C=O) groups is 1. The van der Waals surface area contributed by atoms with Crippen LogP contribution in [0.3, 0.4) is 0 Å². The number of ether oxygens (including phenoxy) is 1. The summed E-state index contributed by atoms with van der Waals surface area (Å²) in [5.74, 6) is 1.48. The fraction of sp³-hybridized carbons (Fsp3) is 0.923. The Morgan fingerprint density at radius 2 is 1.94 bits per heavy atom. The zero-order chi connectivity index (χ0) is 12.4. The Balaban J connectivity index is 1.92. The highest BCUT2D eigenvalue weighted by atomic mass is 16.5. The second-order valence-corrected chi connectivity index (χ2v) is 5.70. The van der Waals surface area contributed by atoms with Crippen molar-refractivity contribution in [3.05, 3.63) is 0 Å². The highest BCUT2D eigenvalue weighted by molar-refractivity contribution is 5.79. The van der Waals surface area contributed by atoms with Crippen LogP contribution in [0.2, 0.25) is 0 Å². The molecule has 4 heteroatoms. The minimum absolute atomic E-state index is 0.152. The minimum atomic E-state index is 0.152. The number of likely N-dealkylation sites (tertiary alicyclic amines) is 1. The smallest absolute Gasteiger partial charge is 0.225 e. The average molecular weight is 240 g/mol. The maximum Gasteiger partial charge on any atom is 0.225 e. The van der Waals surface area contributed by atoms with Gasteiger partial charge in [0.2, 0.25) is 5.91 Å². The Morgan fingerprint density at radius 1 is 1.29 bits per heavy atom. The normalized spacial score (nSPS) is 31.2. The van der Waals surface area contributed by atoms with Gasteiger partial charge < -0.3 is 15.4 Å². The quantitative estimate of drug-likeness (QED) is 0.778. The van der Waals surface area contributed by atoms with Crippen molar-refractivity contribution in [2.75, 3.05) is 26.3 Å². The number of carbonyl (C=O) groups excluding carboxylic acids is 1. The summed E-state index contributed by atoms with van der Waals surface area (Å²) in [7, 11) is 0. The first kappa shape index (κ1) is 12.8. The summed E-state index contributed by atoms with van der Waals surface area (Å²) in [5.41, 5.74) is 6.12. The molecule has 0 aromatic heterocycles. The zero-order valence-electron chi connectivity index (χ0n) is 10.9. The molecule has 2 rings (SSSR count). The van der Waals surface area contributed by atoms with Crippen molar-refractivity contribution in [3.8, 4) is 0 Å². The summed E-state index contributed by atoms with van der Waals surface area (Å²) in [4.78, 5) is 14.3. The van der Waals surface area contributed by atoms with Crippen LogP contribution in [0.4, 0.5) is 0 Å². The molecular weight excluding hydrogens is 216 g/mol. The summed E-state index contributed by atoms with van der Waals surface area (Å²) in [6.07, 6.45) is 1.74. The topological polar surface area (TPSA) is 55.6 Å². The van der Waals surface area contributed by atoms with E-state index in [9.17, 15) is 4.79 Å². The maximum absolute atomic E-state index is 12.3. The molecule has 0 saturated carbocycles. The van der Waals surface area contributed by atoms with E-state index in [1.165, 1.54) is 0 Å². The summed E-state index contributed by atoms with van der Waals surface area (Å²) >= 11 is 0. The lowest BCUT2D eigenvalue weighted by molar-refractivity contribution is -0.137. The summed E-state index contributed by atoms with van der Waals surface area (Å²) in [6, 6.07) is 0.152. The molecule has 98 valence electrons. The van der Waals surface area contributed by atoms with Gasteiger partial charge >= 0.3 is 0 Å². The lowest BCUT2D eigenvalue weighted by Gasteiger charge is -2.26. The minimum Gasteiger partial charge on any atom is -0.381 e. The highest BCUT2D eigenvalue weighted by Crippen LogP contribution is 2.26. The molecule has 2 heterocycles. The van der Waals surface area contributed by atoms with Gasteiger partial charge in [-0.25, -0.2) is 0 Å². The van der Waals surface area contributed by atoms with Crippen LogP contribution in [0.15, 0.2) is 0 Å². The Kier molecular flexibility index (Phi) is 4.05. The van der Waals surface area contributed by atoms with Crippen molar-refractivity contribution in [3.63, 3.8) is 0 Å². The van der Waals surface area contributed by atoms with E-state index in [-0.39, 0.29) is 12.0 Å². The molecule has 17 heavy (non-hydrogen) atoms. The van der Waals surface area contributed by atoms with Crippen LogP contribution in [-0.2, 0) is 9.53 Å². The lowest BCUT2D eigenvalue weighted by Crippen LogP contribution is -2.38. The van der Waals surface area contributed by atoms with E-state index in [0.717, 1.165) is 39.1 Å². The molecule has 0 aliphatic carbocycles. The Hall–Kier alpha value is -0.610. The number of nitrogens with two attached hydrogens (primary N) is 1. The van der Waals surface area contributed by atoms with Crippen molar-refractivity contribution >= 4 is 5.91 Å². The molecular formula is C13H24N2O2. The van der Waals surface area contributed by atoms with Gasteiger partial charge in [-0.3, -0.25) is 4.79 Å². The van der Waals surface area contributed by atoms with Crippen molar-refractivity contribution in [2.24, 2.45) is 23.5 Å². The Labute approximate surface area is 103 Å². The molecule has 2 aliphatic heterocycles. The largest absolute Gasteiger partial charge is 0.381 e. The van der Waals surface area contributed by atoms with Crippen LogP contribution in [0.25, 0.3) is 0 Å². The van der Waals surface area contributed by atoms with Gasteiger partial charge in [0.1, 0.15) is 0 Å². The summed E-state index contributed by atoms with van der Waals surface area (Å²) in [6.45, 7) is 7.40. The van der Waals surface area contributed by atoms with Crippen LogP contribution in [0, 0.1) is 17.8 Å². The predicted molar refractivity (Wildman–Crippen MR) is 66.4 cm³/mol. The van der Waals surface area contributed by atoms with Crippen molar-refractivity contribution in [1.29, 1.82) is 0 Å². The first-order valence-corrected chi connectivity index (χ1v) is 6.71. The number of rotatable bonds is 2. The third-order valence-electron chi connectivity index (χ3n) is 4.15. The summed E-state index contributed by atoms with van der Waals surface area (Å²) < 4.78 is 5.30. The highest BCUT2D eigenvalue weighted by Gasteiger charge is 2.37. The second kappa shape index (κ2) is 5.36.